The average Bonchev–Trinajstić information content (AvgIpc) is 2.19. The fourth-order valence-electron chi connectivity index (χ4n) is 1.71. The summed E-state index contributed by atoms with van der Waals surface area (Å²) in [7, 11) is 4.01. The molecule has 84 valence electrons. The Hall–Kier alpha value is -0.930. The number of hydrogen-bond donors (Lipinski definition) is 1. The van der Waals surface area contributed by atoms with Crippen LogP contribution < -0.4 is 5.73 Å². The predicted molar refractivity (Wildman–Crippen MR) is 61.2 cm³/mol. The lowest BCUT2D eigenvalue weighted by molar-refractivity contribution is 0.325. The average molecular weight is 210 g/mol. The summed E-state index contributed by atoms with van der Waals surface area (Å²) in [6.45, 7) is 1.48. The minimum absolute atomic E-state index is 0.130. The van der Waals surface area contributed by atoms with Crippen molar-refractivity contribution >= 4 is 0 Å². The molecular formula is C12H19FN2. The molecule has 0 spiro atoms. The molecule has 1 unspecified atom stereocenters. The molecule has 2 nitrogen and oxygen atoms in total. The van der Waals surface area contributed by atoms with Crippen molar-refractivity contribution in [2.45, 2.75) is 6.42 Å². The molecule has 0 fully saturated rings. The van der Waals surface area contributed by atoms with E-state index < -0.39 is 0 Å². The van der Waals surface area contributed by atoms with Gasteiger partial charge in [0, 0.05) is 6.54 Å². The van der Waals surface area contributed by atoms with E-state index in [1.807, 2.05) is 26.2 Å². The number of hydrogen-bond acceptors (Lipinski definition) is 2. The highest BCUT2D eigenvalue weighted by Gasteiger charge is 2.11. The second-order valence-electron chi connectivity index (χ2n) is 4.16. The highest BCUT2D eigenvalue weighted by Crippen LogP contribution is 2.12. The van der Waals surface area contributed by atoms with Crippen LogP contribution in [0.2, 0.25) is 0 Å². The quantitative estimate of drug-likeness (QED) is 0.798. The van der Waals surface area contributed by atoms with E-state index >= 15 is 0 Å². The lowest BCUT2D eigenvalue weighted by atomic mass is 9.98. The van der Waals surface area contributed by atoms with Crippen LogP contribution >= 0.6 is 0 Å². The maximum atomic E-state index is 13.4. The lowest BCUT2D eigenvalue weighted by Gasteiger charge is -2.19. The molecule has 0 saturated heterocycles. The molecule has 0 aliphatic carbocycles. The first kappa shape index (κ1) is 12.1. The number of benzene rings is 1. The fraction of sp³-hybridized carbons (Fsp3) is 0.500. The van der Waals surface area contributed by atoms with Gasteiger partial charge >= 0.3 is 0 Å². The van der Waals surface area contributed by atoms with Crippen LogP contribution in [-0.4, -0.2) is 32.1 Å². The SMILES string of the molecule is CN(C)CC(CN)Cc1ccccc1F. The molecule has 0 aliphatic rings. The van der Waals surface area contributed by atoms with Crippen LogP contribution in [0, 0.1) is 11.7 Å². The van der Waals surface area contributed by atoms with Gasteiger partial charge in [-0.15, -0.1) is 0 Å². The maximum absolute atomic E-state index is 13.4. The van der Waals surface area contributed by atoms with Gasteiger partial charge in [-0.1, -0.05) is 18.2 Å². The van der Waals surface area contributed by atoms with Gasteiger partial charge in [-0.2, -0.15) is 0 Å². The summed E-state index contributed by atoms with van der Waals surface area (Å²) in [5, 5.41) is 0. The van der Waals surface area contributed by atoms with Crippen LogP contribution in [0.15, 0.2) is 24.3 Å². The fourth-order valence-corrected chi connectivity index (χ4v) is 1.71. The summed E-state index contributed by atoms with van der Waals surface area (Å²) in [6.07, 6.45) is 0.710. The molecule has 0 aromatic heterocycles. The standard InChI is InChI=1S/C12H19FN2/c1-15(2)9-10(8-14)7-11-5-3-4-6-12(11)13/h3-6,10H,7-9,14H2,1-2H3. The Kier molecular flexibility index (Phi) is 4.72. The van der Waals surface area contributed by atoms with E-state index in [0.717, 1.165) is 12.1 Å². The molecule has 3 heteroatoms. The van der Waals surface area contributed by atoms with Gasteiger partial charge in [0.25, 0.3) is 0 Å². The van der Waals surface area contributed by atoms with Crippen molar-refractivity contribution in [2.75, 3.05) is 27.2 Å². The van der Waals surface area contributed by atoms with Crippen molar-refractivity contribution in [2.24, 2.45) is 11.7 Å². The lowest BCUT2D eigenvalue weighted by Crippen LogP contribution is -2.29. The normalized spacial score (nSPS) is 13.1. The predicted octanol–water partition coefficient (Wildman–Crippen LogP) is 1.50. The van der Waals surface area contributed by atoms with Gasteiger partial charge in [-0.3, -0.25) is 0 Å². The van der Waals surface area contributed by atoms with Gasteiger partial charge in [0.1, 0.15) is 5.82 Å². The van der Waals surface area contributed by atoms with Crippen molar-refractivity contribution in [1.82, 2.24) is 4.90 Å². The summed E-state index contributed by atoms with van der Waals surface area (Å²) >= 11 is 0. The van der Waals surface area contributed by atoms with E-state index in [1.54, 1.807) is 6.07 Å². The summed E-state index contributed by atoms with van der Waals surface area (Å²) in [5.41, 5.74) is 6.43. The van der Waals surface area contributed by atoms with E-state index in [-0.39, 0.29) is 5.82 Å². The first-order valence-corrected chi connectivity index (χ1v) is 5.21. The topological polar surface area (TPSA) is 29.3 Å². The summed E-state index contributed by atoms with van der Waals surface area (Å²) in [5.74, 6) is 0.187. The van der Waals surface area contributed by atoms with Crippen molar-refractivity contribution in [3.63, 3.8) is 0 Å². The van der Waals surface area contributed by atoms with Gasteiger partial charge in [0.15, 0.2) is 0 Å². The zero-order valence-corrected chi connectivity index (χ0v) is 9.41. The zero-order valence-electron chi connectivity index (χ0n) is 9.41. The Bertz CT molecular complexity index is 299. The number of nitrogens with zero attached hydrogens (tertiary/aromatic N) is 1. The Morgan fingerprint density at radius 1 is 1.33 bits per heavy atom. The third-order valence-electron chi connectivity index (χ3n) is 2.42. The van der Waals surface area contributed by atoms with Crippen molar-refractivity contribution in [3.05, 3.63) is 35.6 Å². The largest absolute Gasteiger partial charge is 0.330 e. The smallest absolute Gasteiger partial charge is 0.126 e. The van der Waals surface area contributed by atoms with Crippen molar-refractivity contribution < 1.29 is 4.39 Å². The van der Waals surface area contributed by atoms with E-state index in [4.69, 9.17) is 5.73 Å². The second-order valence-corrected chi connectivity index (χ2v) is 4.16. The van der Waals surface area contributed by atoms with Gasteiger partial charge < -0.3 is 10.6 Å². The van der Waals surface area contributed by atoms with Crippen LogP contribution in [0.1, 0.15) is 5.56 Å². The molecule has 0 heterocycles. The van der Waals surface area contributed by atoms with E-state index in [1.165, 1.54) is 6.07 Å². The van der Waals surface area contributed by atoms with Crippen LogP contribution in [0.4, 0.5) is 4.39 Å². The summed E-state index contributed by atoms with van der Waals surface area (Å²) in [4.78, 5) is 2.08. The van der Waals surface area contributed by atoms with Gasteiger partial charge in [-0.25, -0.2) is 4.39 Å². The number of halogens is 1. The number of nitrogens with two attached hydrogens (primary N) is 1. The minimum Gasteiger partial charge on any atom is -0.330 e. The van der Waals surface area contributed by atoms with Crippen molar-refractivity contribution in [3.8, 4) is 0 Å². The molecule has 2 N–H and O–H groups in total. The Morgan fingerprint density at radius 3 is 2.53 bits per heavy atom. The molecular weight excluding hydrogens is 191 g/mol. The molecule has 0 amide bonds. The van der Waals surface area contributed by atoms with Crippen molar-refractivity contribution in [1.29, 1.82) is 0 Å². The zero-order chi connectivity index (χ0) is 11.3. The molecule has 1 rings (SSSR count). The Morgan fingerprint density at radius 2 is 2.00 bits per heavy atom. The Balaban J connectivity index is 2.62. The summed E-state index contributed by atoms with van der Waals surface area (Å²) in [6, 6.07) is 6.90. The second kappa shape index (κ2) is 5.83. The highest BCUT2D eigenvalue weighted by atomic mass is 19.1. The number of rotatable bonds is 5. The van der Waals surface area contributed by atoms with Gasteiger partial charge in [0.05, 0.1) is 0 Å². The molecule has 15 heavy (non-hydrogen) atoms. The van der Waals surface area contributed by atoms with Crippen LogP contribution in [0.3, 0.4) is 0 Å². The van der Waals surface area contributed by atoms with Crippen LogP contribution in [0.5, 0.6) is 0 Å². The molecule has 0 radical (unpaired) electrons. The monoisotopic (exact) mass is 210 g/mol. The molecule has 1 aromatic rings. The molecule has 1 atom stereocenters. The van der Waals surface area contributed by atoms with E-state index in [9.17, 15) is 4.39 Å². The minimum atomic E-state index is -0.130. The molecule has 0 saturated carbocycles. The highest BCUT2D eigenvalue weighted by molar-refractivity contribution is 5.17. The van der Waals surface area contributed by atoms with Gasteiger partial charge in [-0.05, 0) is 44.6 Å². The van der Waals surface area contributed by atoms with Crippen LogP contribution in [0.25, 0.3) is 0 Å². The first-order valence-electron chi connectivity index (χ1n) is 5.21. The third kappa shape index (κ3) is 3.98. The van der Waals surface area contributed by atoms with Gasteiger partial charge in [0.2, 0.25) is 0 Å². The van der Waals surface area contributed by atoms with E-state index in [2.05, 4.69) is 4.90 Å². The summed E-state index contributed by atoms with van der Waals surface area (Å²) < 4.78 is 13.4. The molecule has 0 aliphatic heterocycles. The maximum Gasteiger partial charge on any atom is 0.126 e. The molecule has 1 aromatic carbocycles. The first-order chi connectivity index (χ1) is 7.13. The molecule has 0 bridgehead atoms. The van der Waals surface area contributed by atoms with E-state index in [0.29, 0.717) is 18.9 Å². The Labute approximate surface area is 90.9 Å². The van der Waals surface area contributed by atoms with Crippen LogP contribution in [-0.2, 0) is 6.42 Å². The third-order valence-corrected chi connectivity index (χ3v) is 2.42.